The number of nitrogens with zero attached hydrogens (tertiary/aromatic N) is 3. The Morgan fingerprint density at radius 2 is 1.06 bits per heavy atom. The second-order valence-corrected chi connectivity index (χ2v) is 14.2. The zero-order chi connectivity index (χ0) is 37.4. The highest BCUT2D eigenvalue weighted by Gasteiger charge is 2.20. The van der Waals surface area contributed by atoms with E-state index in [9.17, 15) is 0 Å². The first-order valence-corrected chi connectivity index (χ1v) is 17.8. The molecule has 0 fully saturated rings. The molecule has 3 heterocycles. The third kappa shape index (κ3) is 4.90. The van der Waals surface area contributed by atoms with Crippen molar-refractivity contribution in [1.29, 1.82) is 0 Å². The number of aromatic nitrogens is 3. The number of thiophene rings is 2. The van der Waals surface area contributed by atoms with Crippen LogP contribution in [0.3, 0.4) is 0 Å². The summed E-state index contributed by atoms with van der Waals surface area (Å²) >= 11 is 3.29. The van der Waals surface area contributed by atoms with Gasteiger partial charge in [-0.2, -0.15) is 0 Å². The third-order valence-electron chi connectivity index (χ3n) is 9.02. The van der Waals surface area contributed by atoms with Crippen molar-refractivity contribution >= 4 is 63.0 Å². The van der Waals surface area contributed by atoms with E-state index < -0.39 is 6.04 Å². The van der Waals surface area contributed by atoms with Crippen molar-refractivity contribution in [3.8, 4) is 56.4 Å². The highest BCUT2D eigenvalue weighted by molar-refractivity contribution is 7.26. The fourth-order valence-corrected chi connectivity index (χ4v) is 9.01. The van der Waals surface area contributed by atoms with Gasteiger partial charge in [0.25, 0.3) is 0 Å². The molecule has 10 aromatic rings. The quantitative estimate of drug-likeness (QED) is 0.182. The summed E-state index contributed by atoms with van der Waals surface area (Å²) in [6.07, 6.45) is 0. The van der Waals surface area contributed by atoms with E-state index in [2.05, 4.69) is 48.5 Å². The maximum absolute atomic E-state index is 8.94. The van der Waals surface area contributed by atoms with Crippen LogP contribution < -0.4 is 0 Å². The van der Waals surface area contributed by atoms with Gasteiger partial charge in [-0.25, -0.2) is 15.0 Å². The standard InChI is InChI=1S/C45H27N3S2/c1-4-13-28(14-5-1)32-26-35(29-15-6-2-7-16-29)42-37(27-32)41-34(20-12-22-40(41)50-42)45-47-43(30-17-8-3-9-18-30)46-44(48-45)31-23-24-39-36(25-31)33-19-10-11-21-38(33)49-39/h1-27H/i2D,6D,7D,15D,16D. The van der Waals surface area contributed by atoms with E-state index >= 15 is 0 Å². The van der Waals surface area contributed by atoms with Crippen molar-refractivity contribution in [3.63, 3.8) is 0 Å². The van der Waals surface area contributed by atoms with Crippen LogP contribution in [0.4, 0.5) is 0 Å². The number of benzene rings is 7. The van der Waals surface area contributed by atoms with Crippen molar-refractivity contribution in [2.24, 2.45) is 0 Å². The number of hydrogen-bond donors (Lipinski definition) is 0. The molecule has 234 valence electrons. The Morgan fingerprint density at radius 3 is 1.88 bits per heavy atom. The summed E-state index contributed by atoms with van der Waals surface area (Å²) in [5, 5.41) is 4.15. The van der Waals surface area contributed by atoms with Crippen molar-refractivity contribution in [2.45, 2.75) is 0 Å². The summed E-state index contributed by atoms with van der Waals surface area (Å²) in [6.45, 7) is 0. The highest BCUT2D eigenvalue weighted by Crippen LogP contribution is 2.46. The van der Waals surface area contributed by atoms with Gasteiger partial charge in [0.15, 0.2) is 17.5 Å². The van der Waals surface area contributed by atoms with Gasteiger partial charge in [-0.1, -0.05) is 121 Å². The fourth-order valence-electron chi connectivity index (χ4n) is 6.69. The highest BCUT2D eigenvalue weighted by atomic mass is 32.1. The Labute approximate surface area is 303 Å². The Kier molecular flexibility index (Phi) is 5.73. The van der Waals surface area contributed by atoms with E-state index in [1.165, 1.54) is 26.1 Å². The molecule has 3 nitrogen and oxygen atoms in total. The Bertz CT molecular complexity index is 3130. The summed E-state index contributed by atoms with van der Waals surface area (Å²) < 4.78 is 47.3. The summed E-state index contributed by atoms with van der Waals surface area (Å²) in [6, 6.07) is 43.1. The van der Waals surface area contributed by atoms with Gasteiger partial charge in [0.2, 0.25) is 0 Å². The summed E-state index contributed by atoms with van der Waals surface area (Å²) in [4.78, 5) is 15.3. The Balaban J connectivity index is 1.26. The molecule has 0 saturated heterocycles. The van der Waals surface area contributed by atoms with Crippen LogP contribution in [0.25, 0.3) is 96.8 Å². The minimum Gasteiger partial charge on any atom is -0.208 e. The van der Waals surface area contributed by atoms with E-state index in [0.717, 1.165) is 53.4 Å². The number of hydrogen-bond acceptors (Lipinski definition) is 5. The number of fused-ring (bicyclic) bond motifs is 6. The van der Waals surface area contributed by atoms with Crippen molar-refractivity contribution in [2.75, 3.05) is 0 Å². The zero-order valence-corrected chi connectivity index (χ0v) is 28.0. The van der Waals surface area contributed by atoms with Gasteiger partial charge in [0.05, 0.1) is 6.85 Å². The third-order valence-corrected chi connectivity index (χ3v) is 11.4. The molecule has 3 aromatic heterocycles. The lowest BCUT2D eigenvalue weighted by Crippen LogP contribution is -2.00. The first-order valence-electron chi connectivity index (χ1n) is 18.7. The van der Waals surface area contributed by atoms with Crippen LogP contribution >= 0.6 is 22.7 Å². The molecule has 0 bridgehead atoms. The van der Waals surface area contributed by atoms with E-state index in [-0.39, 0.29) is 29.7 Å². The van der Waals surface area contributed by atoms with Crippen molar-refractivity contribution in [1.82, 2.24) is 15.0 Å². The monoisotopic (exact) mass is 678 g/mol. The molecule has 0 aliphatic heterocycles. The van der Waals surface area contributed by atoms with E-state index in [4.69, 9.17) is 21.8 Å². The minimum absolute atomic E-state index is 0.173. The summed E-state index contributed by atoms with van der Waals surface area (Å²) in [5.74, 6) is 1.62. The fraction of sp³-hybridized carbons (Fsp3) is 0. The summed E-state index contributed by atoms with van der Waals surface area (Å²) in [7, 11) is 0. The first kappa shape index (κ1) is 24.2. The van der Waals surface area contributed by atoms with Crippen LogP contribution in [0.1, 0.15) is 6.85 Å². The molecule has 0 saturated carbocycles. The summed E-state index contributed by atoms with van der Waals surface area (Å²) in [5.41, 5.74) is 5.12. The van der Waals surface area contributed by atoms with E-state index in [0.29, 0.717) is 23.0 Å². The smallest absolute Gasteiger partial charge is 0.164 e. The second-order valence-electron chi connectivity index (χ2n) is 12.0. The predicted molar refractivity (Wildman–Crippen MR) is 213 cm³/mol. The van der Waals surface area contributed by atoms with Gasteiger partial charge in [-0.3, -0.25) is 0 Å². The second kappa shape index (κ2) is 11.8. The molecule has 0 atom stereocenters. The molecule has 0 unspecified atom stereocenters. The van der Waals surface area contributed by atoms with Gasteiger partial charge < -0.3 is 0 Å². The van der Waals surface area contributed by atoms with Crippen LogP contribution in [-0.4, -0.2) is 15.0 Å². The number of rotatable bonds is 5. The lowest BCUT2D eigenvalue weighted by molar-refractivity contribution is 1.08. The molecule has 0 aliphatic carbocycles. The average Bonchev–Trinajstić information content (AvgIpc) is 3.81. The van der Waals surface area contributed by atoms with Crippen LogP contribution in [-0.2, 0) is 0 Å². The average molecular weight is 679 g/mol. The zero-order valence-electron chi connectivity index (χ0n) is 31.4. The largest absolute Gasteiger partial charge is 0.208 e. The molecule has 50 heavy (non-hydrogen) atoms. The SMILES string of the molecule is [2H]c1c([2H])c([2H])c(-c2cc(-c3ccccc3)cc3c2sc2cccc(-c4nc(-c5ccccc5)nc(-c5ccc6sc7ccccc7c6c5)n4)c23)c([2H])c1[2H]. The molecule has 0 aliphatic rings. The lowest BCUT2D eigenvalue weighted by atomic mass is 9.95. The van der Waals surface area contributed by atoms with Crippen LogP contribution in [0.15, 0.2) is 164 Å². The molecule has 0 N–H and O–H groups in total. The first-order chi connectivity index (χ1) is 26.8. The molecular weight excluding hydrogens is 647 g/mol. The Hall–Kier alpha value is -6.01. The van der Waals surface area contributed by atoms with Gasteiger partial charge in [-0.15, -0.1) is 22.7 Å². The maximum Gasteiger partial charge on any atom is 0.164 e. The van der Waals surface area contributed by atoms with Gasteiger partial charge in [0.1, 0.15) is 0 Å². The van der Waals surface area contributed by atoms with E-state index in [1.807, 2.05) is 84.9 Å². The molecule has 0 spiro atoms. The minimum atomic E-state index is -0.418. The van der Waals surface area contributed by atoms with Crippen LogP contribution in [0.5, 0.6) is 0 Å². The van der Waals surface area contributed by atoms with Gasteiger partial charge in [0, 0.05) is 62.6 Å². The van der Waals surface area contributed by atoms with Crippen molar-refractivity contribution < 1.29 is 6.85 Å². The molecule has 5 heteroatoms. The molecule has 0 amide bonds. The Morgan fingerprint density at radius 1 is 0.400 bits per heavy atom. The maximum atomic E-state index is 8.94. The molecular formula is C45H27N3S2. The molecule has 7 aromatic carbocycles. The molecule has 0 radical (unpaired) electrons. The van der Waals surface area contributed by atoms with Crippen molar-refractivity contribution in [3.05, 3.63) is 164 Å². The normalized spacial score (nSPS) is 13.0. The van der Waals surface area contributed by atoms with Gasteiger partial charge >= 0.3 is 0 Å². The molecule has 10 rings (SSSR count). The van der Waals surface area contributed by atoms with Crippen LogP contribution in [0.2, 0.25) is 0 Å². The lowest BCUT2D eigenvalue weighted by Gasteiger charge is -2.11. The van der Waals surface area contributed by atoms with Crippen LogP contribution in [0, 0.1) is 0 Å². The van der Waals surface area contributed by atoms with E-state index in [1.54, 1.807) is 11.3 Å². The topological polar surface area (TPSA) is 38.7 Å². The predicted octanol–water partition coefficient (Wildman–Crippen LogP) is 12.9. The van der Waals surface area contributed by atoms with Gasteiger partial charge in [-0.05, 0) is 59.2 Å².